The Kier molecular flexibility index (Phi) is 4.92. The monoisotopic (exact) mass is 424 g/mol. The van der Waals surface area contributed by atoms with Gasteiger partial charge in [0.05, 0.1) is 12.0 Å². The minimum Gasteiger partial charge on any atom is -0.325 e. The summed E-state index contributed by atoms with van der Waals surface area (Å²) in [5.74, 6) is 0.273. The number of rotatable bonds is 5. The largest absolute Gasteiger partial charge is 0.325 e. The zero-order valence-electron chi connectivity index (χ0n) is 16.7. The smallest absolute Gasteiger partial charge is 0.253 e. The van der Waals surface area contributed by atoms with Crippen molar-refractivity contribution in [3.05, 3.63) is 89.9 Å². The van der Waals surface area contributed by atoms with Gasteiger partial charge in [0.1, 0.15) is 6.54 Å². The second-order valence-corrected chi connectivity index (χ2v) is 6.92. The van der Waals surface area contributed by atoms with Crippen LogP contribution in [-0.2, 0) is 11.3 Å². The summed E-state index contributed by atoms with van der Waals surface area (Å²) in [5, 5.41) is 15.9. The highest BCUT2D eigenvalue weighted by molar-refractivity contribution is 5.91. The first-order chi connectivity index (χ1) is 15.7. The number of aromatic nitrogens is 7. The summed E-state index contributed by atoms with van der Waals surface area (Å²) < 4.78 is 2.91. The van der Waals surface area contributed by atoms with Crippen molar-refractivity contribution in [2.24, 2.45) is 0 Å². The van der Waals surface area contributed by atoms with E-state index in [0.717, 1.165) is 11.1 Å². The molecule has 5 aromatic rings. The third kappa shape index (κ3) is 3.84. The van der Waals surface area contributed by atoms with Crippen molar-refractivity contribution in [3.8, 4) is 22.6 Å². The molecule has 0 spiro atoms. The first-order valence-corrected chi connectivity index (χ1v) is 9.71. The predicted molar refractivity (Wildman–Crippen MR) is 117 cm³/mol. The second-order valence-electron chi connectivity index (χ2n) is 6.92. The Morgan fingerprint density at radius 1 is 0.906 bits per heavy atom. The van der Waals surface area contributed by atoms with E-state index in [9.17, 15) is 9.59 Å². The van der Waals surface area contributed by atoms with Gasteiger partial charge in [-0.2, -0.15) is 9.61 Å². The minimum absolute atomic E-state index is 0.128. The van der Waals surface area contributed by atoms with Gasteiger partial charge in [-0.25, -0.2) is 4.98 Å². The van der Waals surface area contributed by atoms with Crippen LogP contribution >= 0.6 is 0 Å². The van der Waals surface area contributed by atoms with Gasteiger partial charge in [-0.3, -0.25) is 19.1 Å². The van der Waals surface area contributed by atoms with Crippen molar-refractivity contribution in [2.45, 2.75) is 6.54 Å². The molecule has 1 aromatic carbocycles. The predicted octanol–water partition coefficient (Wildman–Crippen LogP) is 2.05. The zero-order chi connectivity index (χ0) is 21.9. The van der Waals surface area contributed by atoms with Gasteiger partial charge in [0.2, 0.25) is 5.91 Å². The van der Waals surface area contributed by atoms with Crippen molar-refractivity contribution in [1.82, 2.24) is 34.3 Å². The molecule has 10 heteroatoms. The molecule has 5 rings (SSSR count). The summed E-state index contributed by atoms with van der Waals surface area (Å²) in [7, 11) is 0. The van der Waals surface area contributed by atoms with Gasteiger partial charge in [0, 0.05) is 41.5 Å². The van der Waals surface area contributed by atoms with E-state index in [-0.39, 0.29) is 18.0 Å². The number of amides is 1. The Bertz CT molecular complexity index is 1480. The lowest BCUT2D eigenvalue weighted by Gasteiger charge is -2.09. The maximum absolute atomic E-state index is 12.4. The normalized spacial score (nSPS) is 10.9. The number of pyridine rings is 1. The maximum atomic E-state index is 12.4. The summed E-state index contributed by atoms with van der Waals surface area (Å²) in [6, 6.07) is 16.0. The lowest BCUT2D eigenvalue weighted by atomic mass is 10.1. The molecular weight excluding hydrogens is 408 g/mol. The Morgan fingerprint density at radius 3 is 2.59 bits per heavy atom. The van der Waals surface area contributed by atoms with Gasteiger partial charge in [0.25, 0.3) is 5.56 Å². The van der Waals surface area contributed by atoms with Gasteiger partial charge in [-0.15, -0.1) is 10.2 Å². The van der Waals surface area contributed by atoms with Crippen molar-refractivity contribution in [3.63, 3.8) is 0 Å². The molecule has 1 amide bonds. The van der Waals surface area contributed by atoms with Crippen LogP contribution in [0, 0.1) is 0 Å². The number of nitrogens with one attached hydrogen (secondary N) is 1. The van der Waals surface area contributed by atoms with Crippen LogP contribution in [-0.4, -0.2) is 40.3 Å². The van der Waals surface area contributed by atoms with Crippen molar-refractivity contribution in [2.75, 3.05) is 5.32 Å². The molecule has 0 fully saturated rings. The molecule has 0 saturated heterocycles. The topological polar surface area (TPSA) is 120 Å². The van der Waals surface area contributed by atoms with Crippen LogP contribution in [0.15, 0.2) is 84.3 Å². The van der Waals surface area contributed by atoms with Crippen LogP contribution in [0.25, 0.3) is 28.3 Å². The summed E-state index contributed by atoms with van der Waals surface area (Å²) in [5.41, 5.74) is 3.25. The number of hydrogen-bond donors (Lipinski definition) is 1. The van der Waals surface area contributed by atoms with Crippen LogP contribution in [0.5, 0.6) is 0 Å². The number of hydrogen-bond acceptors (Lipinski definition) is 7. The lowest BCUT2D eigenvalue weighted by molar-refractivity contribution is -0.116. The van der Waals surface area contributed by atoms with Crippen LogP contribution < -0.4 is 10.9 Å². The molecule has 0 atom stereocenters. The summed E-state index contributed by atoms with van der Waals surface area (Å²) in [4.78, 5) is 32.1. The zero-order valence-corrected chi connectivity index (χ0v) is 16.7. The Labute approximate surface area is 181 Å². The van der Waals surface area contributed by atoms with Crippen molar-refractivity contribution >= 4 is 17.2 Å². The van der Waals surface area contributed by atoms with E-state index < -0.39 is 0 Å². The standard InChI is InChI=1S/C22H16N8O2/c31-20(13-29-14-24-11-8-21(29)32)25-17-3-1-2-16(12-17)18-4-5-19-26-27-22(30(19)28-18)15-6-9-23-10-7-15/h1-12,14H,13H2,(H,25,31). The molecule has 0 bridgehead atoms. The average Bonchev–Trinajstić information content (AvgIpc) is 3.25. The van der Waals surface area contributed by atoms with E-state index in [1.54, 1.807) is 23.0 Å². The number of nitrogens with zero attached hydrogens (tertiary/aromatic N) is 7. The van der Waals surface area contributed by atoms with Crippen molar-refractivity contribution < 1.29 is 4.79 Å². The average molecular weight is 424 g/mol. The molecule has 1 N–H and O–H groups in total. The van der Waals surface area contributed by atoms with Gasteiger partial charge in [-0.1, -0.05) is 12.1 Å². The fraction of sp³-hybridized carbons (Fsp3) is 0.0455. The third-order valence-corrected chi connectivity index (χ3v) is 4.75. The van der Waals surface area contributed by atoms with E-state index in [1.165, 1.54) is 23.2 Å². The first kappa shape index (κ1) is 19.2. The molecule has 0 aliphatic heterocycles. The number of carbonyl (C=O) groups excluding carboxylic acids is 1. The molecular formula is C22H16N8O2. The third-order valence-electron chi connectivity index (χ3n) is 4.75. The Hall–Kier alpha value is -4.73. The molecule has 0 saturated carbocycles. The summed E-state index contributed by atoms with van der Waals surface area (Å²) in [6.45, 7) is -0.128. The number of fused-ring (bicyclic) bond motifs is 1. The Morgan fingerprint density at radius 2 is 1.75 bits per heavy atom. The number of anilines is 1. The lowest BCUT2D eigenvalue weighted by Crippen LogP contribution is -2.26. The molecule has 0 aliphatic carbocycles. The number of carbonyl (C=O) groups is 1. The van der Waals surface area contributed by atoms with Gasteiger partial charge in [-0.05, 0) is 36.4 Å². The quantitative estimate of drug-likeness (QED) is 0.458. The highest BCUT2D eigenvalue weighted by atomic mass is 16.2. The van der Waals surface area contributed by atoms with Crippen LogP contribution in [0.2, 0.25) is 0 Å². The fourth-order valence-corrected chi connectivity index (χ4v) is 3.23. The van der Waals surface area contributed by atoms with Gasteiger partial charge >= 0.3 is 0 Å². The highest BCUT2D eigenvalue weighted by Gasteiger charge is 2.11. The van der Waals surface area contributed by atoms with Crippen LogP contribution in [0.1, 0.15) is 0 Å². The molecule has 0 radical (unpaired) electrons. The van der Waals surface area contributed by atoms with Gasteiger partial charge < -0.3 is 5.32 Å². The summed E-state index contributed by atoms with van der Waals surface area (Å²) >= 11 is 0. The molecule has 4 heterocycles. The molecule has 4 aromatic heterocycles. The maximum Gasteiger partial charge on any atom is 0.253 e. The first-order valence-electron chi connectivity index (χ1n) is 9.71. The van der Waals surface area contributed by atoms with Crippen LogP contribution in [0.3, 0.4) is 0 Å². The fourth-order valence-electron chi connectivity index (χ4n) is 3.23. The SMILES string of the molecule is O=C(Cn1cnccc1=O)Nc1cccc(-c2ccc3nnc(-c4ccncc4)n3n2)c1. The van der Waals surface area contributed by atoms with Crippen molar-refractivity contribution in [1.29, 1.82) is 0 Å². The highest BCUT2D eigenvalue weighted by Crippen LogP contribution is 2.23. The second kappa shape index (κ2) is 8.19. The Balaban J connectivity index is 1.42. The van der Waals surface area contributed by atoms with E-state index in [1.807, 2.05) is 42.5 Å². The van der Waals surface area contributed by atoms with E-state index in [0.29, 0.717) is 22.9 Å². The molecule has 0 unspecified atom stereocenters. The molecule has 10 nitrogen and oxygen atoms in total. The minimum atomic E-state index is -0.334. The van der Waals surface area contributed by atoms with E-state index >= 15 is 0 Å². The van der Waals surface area contributed by atoms with Gasteiger partial charge in [0.15, 0.2) is 11.5 Å². The number of benzene rings is 1. The molecule has 0 aliphatic rings. The van der Waals surface area contributed by atoms with E-state index in [2.05, 4.69) is 30.6 Å². The molecule has 32 heavy (non-hydrogen) atoms. The van der Waals surface area contributed by atoms with E-state index in [4.69, 9.17) is 0 Å². The summed E-state index contributed by atoms with van der Waals surface area (Å²) in [6.07, 6.45) is 6.09. The van der Waals surface area contributed by atoms with Crippen LogP contribution in [0.4, 0.5) is 5.69 Å². The molecule has 156 valence electrons.